The number of benzene rings is 1. The lowest BCUT2D eigenvalue weighted by atomic mass is 10.2. The molecule has 1 fully saturated rings. The van der Waals surface area contributed by atoms with Crippen molar-refractivity contribution in [3.8, 4) is 0 Å². The first-order valence-electron chi connectivity index (χ1n) is 6.18. The molecule has 1 aliphatic heterocycles. The molecule has 0 saturated carbocycles. The van der Waals surface area contributed by atoms with Gasteiger partial charge in [0.15, 0.2) is 0 Å². The van der Waals surface area contributed by atoms with E-state index >= 15 is 0 Å². The summed E-state index contributed by atoms with van der Waals surface area (Å²) in [4.78, 5) is 13.6. The molecule has 2 rings (SSSR count). The number of ether oxygens (including phenoxy) is 1. The van der Waals surface area contributed by atoms with E-state index in [0.717, 1.165) is 32.8 Å². The van der Waals surface area contributed by atoms with E-state index in [2.05, 4.69) is 4.90 Å². The Bertz CT molecular complexity index is 454. The van der Waals surface area contributed by atoms with Crippen molar-refractivity contribution in [2.45, 2.75) is 4.90 Å². The molecule has 1 aromatic rings. The Morgan fingerprint density at radius 1 is 1.26 bits per heavy atom. The van der Waals surface area contributed by atoms with Crippen LogP contribution in [0.5, 0.6) is 0 Å². The molecule has 0 radical (unpaired) electrons. The number of morpholine rings is 1. The van der Waals surface area contributed by atoms with E-state index < -0.39 is 16.8 Å². The van der Waals surface area contributed by atoms with Gasteiger partial charge in [0.05, 0.1) is 29.6 Å². The van der Waals surface area contributed by atoms with Crippen molar-refractivity contribution in [2.75, 3.05) is 38.6 Å². The van der Waals surface area contributed by atoms with Crippen molar-refractivity contribution in [1.82, 2.24) is 4.90 Å². The third-order valence-electron chi connectivity index (χ3n) is 3.06. The summed E-state index contributed by atoms with van der Waals surface area (Å²) in [5.74, 6) is -0.405. The number of rotatable bonds is 5. The van der Waals surface area contributed by atoms with E-state index in [4.69, 9.17) is 9.84 Å². The SMILES string of the molecule is O=C(O)c1ccc(S(=O)CCN2CCOCC2)cc1. The van der Waals surface area contributed by atoms with E-state index in [1.54, 1.807) is 12.1 Å². The number of nitrogens with zero attached hydrogens (tertiary/aromatic N) is 1. The molecule has 0 spiro atoms. The van der Waals surface area contributed by atoms with Crippen LogP contribution in [0.3, 0.4) is 0 Å². The summed E-state index contributed by atoms with van der Waals surface area (Å²) in [5, 5.41) is 8.79. The van der Waals surface area contributed by atoms with Crippen LogP contribution in [-0.2, 0) is 15.5 Å². The van der Waals surface area contributed by atoms with Crippen LogP contribution in [0.25, 0.3) is 0 Å². The molecular formula is C13H17NO4S. The molecule has 19 heavy (non-hydrogen) atoms. The van der Waals surface area contributed by atoms with Gasteiger partial charge >= 0.3 is 5.97 Å². The fourth-order valence-corrected chi connectivity index (χ4v) is 3.00. The molecule has 1 aliphatic rings. The Balaban J connectivity index is 1.86. The lowest BCUT2D eigenvalue weighted by molar-refractivity contribution is 0.0409. The third-order valence-corrected chi connectivity index (χ3v) is 4.41. The second-order valence-corrected chi connectivity index (χ2v) is 5.90. The molecule has 1 unspecified atom stereocenters. The predicted molar refractivity (Wildman–Crippen MR) is 71.9 cm³/mol. The van der Waals surface area contributed by atoms with Crippen molar-refractivity contribution in [1.29, 1.82) is 0 Å². The minimum absolute atomic E-state index is 0.217. The van der Waals surface area contributed by atoms with Crippen molar-refractivity contribution in [2.24, 2.45) is 0 Å². The van der Waals surface area contributed by atoms with Gasteiger partial charge < -0.3 is 9.84 Å². The van der Waals surface area contributed by atoms with E-state index in [0.29, 0.717) is 10.6 Å². The molecule has 0 amide bonds. The van der Waals surface area contributed by atoms with Crippen LogP contribution in [0.4, 0.5) is 0 Å². The zero-order chi connectivity index (χ0) is 13.7. The zero-order valence-electron chi connectivity index (χ0n) is 10.6. The smallest absolute Gasteiger partial charge is 0.335 e. The van der Waals surface area contributed by atoms with Crippen LogP contribution in [0, 0.1) is 0 Å². The van der Waals surface area contributed by atoms with E-state index in [1.807, 2.05) is 0 Å². The van der Waals surface area contributed by atoms with Crippen molar-refractivity contribution < 1.29 is 18.8 Å². The maximum Gasteiger partial charge on any atom is 0.335 e. The molecule has 104 valence electrons. The Hall–Kier alpha value is -1.24. The maximum atomic E-state index is 12.1. The molecule has 0 bridgehead atoms. The largest absolute Gasteiger partial charge is 0.478 e. The van der Waals surface area contributed by atoms with Crippen LogP contribution in [0.1, 0.15) is 10.4 Å². The number of carboxylic acid groups (broad SMARTS) is 1. The number of aromatic carboxylic acids is 1. The highest BCUT2D eigenvalue weighted by Crippen LogP contribution is 2.10. The number of hydrogen-bond donors (Lipinski definition) is 1. The van der Waals surface area contributed by atoms with E-state index in [-0.39, 0.29) is 5.56 Å². The summed E-state index contributed by atoms with van der Waals surface area (Å²) < 4.78 is 17.3. The molecule has 0 aliphatic carbocycles. The first kappa shape index (κ1) is 14.2. The van der Waals surface area contributed by atoms with Crippen LogP contribution < -0.4 is 0 Å². The molecule has 1 atom stereocenters. The zero-order valence-corrected chi connectivity index (χ0v) is 11.4. The molecule has 0 aromatic heterocycles. The van der Waals surface area contributed by atoms with Gasteiger partial charge in [-0.05, 0) is 24.3 Å². The molecule has 1 aromatic carbocycles. The third kappa shape index (κ3) is 4.12. The topological polar surface area (TPSA) is 66.8 Å². The minimum atomic E-state index is -1.08. The van der Waals surface area contributed by atoms with E-state index in [9.17, 15) is 9.00 Å². The Morgan fingerprint density at radius 2 is 1.89 bits per heavy atom. The highest BCUT2D eigenvalue weighted by atomic mass is 32.2. The second kappa shape index (κ2) is 6.79. The van der Waals surface area contributed by atoms with Crippen molar-refractivity contribution in [3.05, 3.63) is 29.8 Å². The fourth-order valence-electron chi connectivity index (χ4n) is 1.90. The summed E-state index contributed by atoms with van der Waals surface area (Å²) in [6.07, 6.45) is 0. The van der Waals surface area contributed by atoms with Gasteiger partial charge in [0.1, 0.15) is 0 Å². The monoisotopic (exact) mass is 283 g/mol. The Kier molecular flexibility index (Phi) is 5.07. The minimum Gasteiger partial charge on any atom is -0.478 e. The van der Waals surface area contributed by atoms with Gasteiger partial charge in [-0.1, -0.05) is 0 Å². The lowest BCUT2D eigenvalue weighted by Gasteiger charge is -2.26. The Morgan fingerprint density at radius 3 is 2.47 bits per heavy atom. The van der Waals surface area contributed by atoms with Crippen LogP contribution in [0.15, 0.2) is 29.2 Å². The average molecular weight is 283 g/mol. The molecular weight excluding hydrogens is 266 g/mol. The van der Waals surface area contributed by atoms with Crippen molar-refractivity contribution in [3.63, 3.8) is 0 Å². The van der Waals surface area contributed by atoms with Crippen LogP contribution in [-0.4, -0.2) is 58.8 Å². The van der Waals surface area contributed by atoms with Gasteiger partial charge in [0.2, 0.25) is 0 Å². The maximum absolute atomic E-state index is 12.1. The first-order chi connectivity index (χ1) is 9.16. The van der Waals surface area contributed by atoms with Gasteiger partial charge in [0, 0.05) is 30.3 Å². The standard InChI is InChI=1S/C13H17NO4S/c15-13(16)11-1-3-12(4-2-11)19(17)10-7-14-5-8-18-9-6-14/h1-4H,5-10H2,(H,15,16). The highest BCUT2D eigenvalue weighted by Gasteiger charge is 2.12. The Labute approximate surface area is 114 Å². The lowest BCUT2D eigenvalue weighted by Crippen LogP contribution is -2.38. The van der Waals surface area contributed by atoms with Crippen LogP contribution >= 0.6 is 0 Å². The number of hydrogen-bond acceptors (Lipinski definition) is 4. The molecule has 5 nitrogen and oxygen atoms in total. The average Bonchev–Trinajstić information content (AvgIpc) is 2.46. The summed E-state index contributed by atoms with van der Waals surface area (Å²) in [7, 11) is -1.08. The summed E-state index contributed by atoms with van der Waals surface area (Å²) in [6.45, 7) is 4.01. The summed E-state index contributed by atoms with van der Waals surface area (Å²) in [5.41, 5.74) is 0.217. The molecule has 1 N–H and O–H groups in total. The number of carboxylic acids is 1. The van der Waals surface area contributed by atoms with Gasteiger partial charge in [-0.15, -0.1) is 0 Å². The van der Waals surface area contributed by atoms with Gasteiger partial charge in [-0.2, -0.15) is 0 Å². The first-order valence-corrected chi connectivity index (χ1v) is 7.50. The highest BCUT2D eigenvalue weighted by molar-refractivity contribution is 7.85. The molecule has 1 heterocycles. The molecule has 6 heteroatoms. The van der Waals surface area contributed by atoms with Gasteiger partial charge in [-0.25, -0.2) is 4.79 Å². The van der Waals surface area contributed by atoms with Crippen molar-refractivity contribution >= 4 is 16.8 Å². The summed E-state index contributed by atoms with van der Waals surface area (Å²) >= 11 is 0. The van der Waals surface area contributed by atoms with Gasteiger partial charge in [0.25, 0.3) is 0 Å². The molecule has 1 saturated heterocycles. The quantitative estimate of drug-likeness (QED) is 0.867. The fraction of sp³-hybridized carbons (Fsp3) is 0.462. The summed E-state index contributed by atoms with van der Waals surface area (Å²) in [6, 6.07) is 6.23. The second-order valence-electron chi connectivity index (χ2n) is 4.33. The number of carbonyl (C=O) groups is 1. The van der Waals surface area contributed by atoms with Crippen LogP contribution in [0.2, 0.25) is 0 Å². The van der Waals surface area contributed by atoms with E-state index in [1.165, 1.54) is 12.1 Å². The normalized spacial score (nSPS) is 18.1. The predicted octanol–water partition coefficient (Wildman–Crippen LogP) is 0.825. The van der Waals surface area contributed by atoms with Gasteiger partial charge in [-0.3, -0.25) is 9.11 Å².